The molecule has 0 radical (unpaired) electrons. The van der Waals surface area contributed by atoms with Crippen LogP contribution in [0.3, 0.4) is 0 Å². The van der Waals surface area contributed by atoms with Crippen LogP contribution in [0.15, 0.2) is 33.5 Å². The molecule has 3 aromatic rings. The highest BCUT2D eigenvalue weighted by molar-refractivity contribution is 7.10. The number of hydrogen-bond donors (Lipinski definition) is 0. The van der Waals surface area contributed by atoms with Crippen molar-refractivity contribution in [3.63, 3.8) is 0 Å². The number of aromatic nitrogens is 3. The predicted molar refractivity (Wildman–Crippen MR) is 75.2 cm³/mol. The summed E-state index contributed by atoms with van der Waals surface area (Å²) < 4.78 is 15.3. The minimum absolute atomic E-state index is 0.0846. The maximum absolute atomic E-state index is 11.8. The summed E-state index contributed by atoms with van der Waals surface area (Å²) in [6.45, 7) is -0.330. The Morgan fingerprint density at radius 2 is 2.24 bits per heavy atom. The van der Waals surface area contributed by atoms with Crippen LogP contribution in [0.25, 0.3) is 11.1 Å². The van der Waals surface area contributed by atoms with E-state index in [4.69, 9.17) is 20.8 Å². The highest BCUT2D eigenvalue weighted by Gasteiger charge is 2.14. The third-order valence-corrected chi connectivity index (χ3v) is 3.72. The second kappa shape index (κ2) is 5.66. The highest BCUT2D eigenvalue weighted by Crippen LogP contribution is 2.18. The number of carbonyl (C=O) groups excluding carboxylic acids is 1. The molecule has 0 fully saturated rings. The number of rotatable bonds is 4. The molecule has 0 aliphatic heterocycles. The molecule has 0 aliphatic rings. The molecule has 1 aromatic carbocycles. The van der Waals surface area contributed by atoms with Gasteiger partial charge in [-0.05, 0) is 12.1 Å². The number of ether oxygens (including phenoxy) is 1. The van der Waals surface area contributed by atoms with Crippen LogP contribution in [-0.2, 0) is 22.7 Å². The maximum Gasteiger partial charge on any atom is 0.420 e. The van der Waals surface area contributed by atoms with E-state index in [1.807, 2.05) is 0 Å². The number of para-hydroxylation sites is 2. The van der Waals surface area contributed by atoms with Gasteiger partial charge in [0.1, 0.15) is 23.2 Å². The lowest BCUT2D eigenvalue weighted by molar-refractivity contribution is -0.145. The first-order valence-electron chi connectivity index (χ1n) is 5.86. The van der Waals surface area contributed by atoms with E-state index < -0.39 is 11.7 Å². The van der Waals surface area contributed by atoms with E-state index in [1.54, 1.807) is 24.3 Å². The fourth-order valence-electron chi connectivity index (χ4n) is 1.77. The second-order valence-electron chi connectivity index (χ2n) is 4.08. The van der Waals surface area contributed by atoms with Crippen molar-refractivity contribution < 1.29 is 13.9 Å². The van der Waals surface area contributed by atoms with Gasteiger partial charge in [0.2, 0.25) is 0 Å². The Morgan fingerprint density at radius 3 is 3.00 bits per heavy atom. The number of benzene rings is 1. The first-order chi connectivity index (χ1) is 10.1. The van der Waals surface area contributed by atoms with Gasteiger partial charge in [-0.15, -0.1) is 5.10 Å². The van der Waals surface area contributed by atoms with Crippen LogP contribution in [0, 0.1) is 0 Å². The van der Waals surface area contributed by atoms with Crippen LogP contribution in [-0.4, -0.2) is 20.1 Å². The number of fused-ring (bicyclic) bond motifs is 1. The number of esters is 1. The number of hydrogen-bond acceptors (Lipinski definition) is 7. The maximum atomic E-state index is 11.8. The molecule has 0 amide bonds. The summed E-state index contributed by atoms with van der Waals surface area (Å²) in [4.78, 5) is 23.5. The second-order valence-corrected chi connectivity index (χ2v) is 5.43. The summed E-state index contributed by atoms with van der Waals surface area (Å²) >= 11 is 6.81. The topological polar surface area (TPSA) is 87.2 Å². The number of nitrogens with zero attached hydrogens (tertiary/aromatic N) is 3. The predicted octanol–water partition coefficient (Wildman–Crippen LogP) is 1.84. The van der Waals surface area contributed by atoms with E-state index >= 15 is 0 Å². The Bertz CT molecular complexity index is 853. The molecule has 0 spiro atoms. The van der Waals surface area contributed by atoms with E-state index in [0.717, 1.165) is 11.5 Å². The summed E-state index contributed by atoms with van der Waals surface area (Å²) in [6.07, 6.45) is 0. The van der Waals surface area contributed by atoms with E-state index in [9.17, 15) is 9.59 Å². The van der Waals surface area contributed by atoms with E-state index in [2.05, 4.69) is 9.59 Å². The van der Waals surface area contributed by atoms with Gasteiger partial charge < -0.3 is 9.15 Å². The molecule has 2 aromatic heterocycles. The van der Waals surface area contributed by atoms with Gasteiger partial charge in [0.25, 0.3) is 0 Å². The van der Waals surface area contributed by atoms with Crippen LogP contribution in [0.5, 0.6) is 0 Å². The van der Waals surface area contributed by atoms with Gasteiger partial charge in [-0.25, -0.2) is 4.79 Å². The molecule has 0 aliphatic carbocycles. The lowest BCUT2D eigenvalue weighted by Crippen LogP contribution is -2.21. The molecule has 0 saturated carbocycles. The quantitative estimate of drug-likeness (QED) is 0.680. The first kappa shape index (κ1) is 13.8. The zero-order chi connectivity index (χ0) is 14.8. The monoisotopic (exact) mass is 325 g/mol. The molecule has 0 atom stereocenters. The molecule has 0 unspecified atom stereocenters. The molecule has 0 N–H and O–H groups in total. The normalized spacial score (nSPS) is 10.9. The summed E-state index contributed by atoms with van der Waals surface area (Å²) in [5.41, 5.74) is 1.34. The molecular weight excluding hydrogens is 318 g/mol. The van der Waals surface area contributed by atoms with Gasteiger partial charge >= 0.3 is 11.7 Å². The van der Waals surface area contributed by atoms with Gasteiger partial charge in [0, 0.05) is 11.5 Å². The van der Waals surface area contributed by atoms with Crippen molar-refractivity contribution in [2.24, 2.45) is 0 Å². The lowest BCUT2D eigenvalue weighted by Gasteiger charge is -2.03. The smallest absolute Gasteiger partial charge is 0.420 e. The summed E-state index contributed by atoms with van der Waals surface area (Å²) in [7, 11) is 0. The standard InChI is InChI=1S/C12H8ClN3O4S/c13-11-7(14-15-21-11)6-19-10(17)5-16-8-3-1-2-4-9(8)20-12(16)18/h1-4H,5-6H2. The van der Waals surface area contributed by atoms with Gasteiger partial charge in [0.05, 0.1) is 5.52 Å². The zero-order valence-electron chi connectivity index (χ0n) is 10.5. The summed E-state index contributed by atoms with van der Waals surface area (Å²) in [5, 5.41) is 3.72. The van der Waals surface area contributed by atoms with Crippen LogP contribution in [0.1, 0.15) is 5.69 Å². The van der Waals surface area contributed by atoms with Crippen molar-refractivity contribution >= 4 is 40.2 Å². The Morgan fingerprint density at radius 1 is 1.43 bits per heavy atom. The molecule has 9 heteroatoms. The molecule has 0 bridgehead atoms. The molecule has 7 nitrogen and oxygen atoms in total. The van der Waals surface area contributed by atoms with E-state index in [-0.39, 0.29) is 13.2 Å². The van der Waals surface area contributed by atoms with Crippen LogP contribution in [0.4, 0.5) is 0 Å². The molecule has 0 saturated heterocycles. The Balaban J connectivity index is 1.73. The minimum atomic E-state index is -0.610. The van der Waals surface area contributed by atoms with Gasteiger partial charge in [-0.1, -0.05) is 28.2 Å². The first-order valence-corrected chi connectivity index (χ1v) is 7.01. The number of oxazole rings is 1. The fourth-order valence-corrected chi connectivity index (χ4v) is 2.37. The van der Waals surface area contributed by atoms with Gasteiger partial charge in [-0.2, -0.15) is 0 Å². The number of halogens is 1. The van der Waals surface area contributed by atoms with Crippen molar-refractivity contribution in [3.05, 3.63) is 44.8 Å². The average Bonchev–Trinajstić information content (AvgIpc) is 3.01. The van der Waals surface area contributed by atoms with Crippen LogP contribution >= 0.6 is 23.1 Å². The summed E-state index contributed by atoms with van der Waals surface area (Å²) in [5.74, 6) is -1.20. The van der Waals surface area contributed by atoms with Gasteiger partial charge in [0.15, 0.2) is 5.58 Å². The van der Waals surface area contributed by atoms with Crippen molar-refractivity contribution in [1.29, 1.82) is 0 Å². The fraction of sp³-hybridized carbons (Fsp3) is 0.167. The molecule has 2 heterocycles. The SMILES string of the molecule is O=C(Cn1c(=O)oc2ccccc21)OCc1nnsc1Cl. The van der Waals surface area contributed by atoms with E-state index in [1.165, 1.54) is 4.57 Å². The third-order valence-electron chi connectivity index (χ3n) is 2.74. The lowest BCUT2D eigenvalue weighted by atomic mass is 10.3. The van der Waals surface area contributed by atoms with E-state index in [0.29, 0.717) is 21.1 Å². The molecule has 21 heavy (non-hydrogen) atoms. The van der Waals surface area contributed by atoms with Crippen LogP contribution < -0.4 is 5.76 Å². The molecule has 3 rings (SSSR count). The largest absolute Gasteiger partial charge is 0.458 e. The zero-order valence-corrected chi connectivity index (χ0v) is 12.1. The molecular formula is C12H8ClN3O4S. The molecule has 108 valence electrons. The Labute approximate surface area is 126 Å². The van der Waals surface area contributed by atoms with Crippen molar-refractivity contribution in [3.8, 4) is 0 Å². The Kier molecular flexibility index (Phi) is 3.72. The van der Waals surface area contributed by atoms with Crippen molar-refractivity contribution in [2.75, 3.05) is 0 Å². The van der Waals surface area contributed by atoms with Crippen LogP contribution in [0.2, 0.25) is 4.34 Å². The minimum Gasteiger partial charge on any atom is -0.458 e. The Hall–Kier alpha value is -2.19. The summed E-state index contributed by atoms with van der Waals surface area (Å²) in [6, 6.07) is 6.83. The van der Waals surface area contributed by atoms with Gasteiger partial charge in [-0.3, -0.25) is 9.36 Å². The number of carbonyl (C=O) groups is 1. The highest BCUT2D eigenvalue weighted by atomic mass is 35.5. The van der Waals surface area contributed by atoms with Crippen molar-refractivity contribution in [1.82, 2.24) is 14.2 Å². The van der Waals surface area contributed by atoms with Crippen molar-refractivity contribution in [2.45, 2.75) is 13.2 Å². The third kappa shape index (κ3) is 2.81. The average molecular weight is 326 g/mol.